The molecule has 1 aliphatic rings. The molecule has 4 N–H and O–H groups in total. The molecule has 1 rings (SSSR count). The van der Waals surface area contributed by atoms with Crippen LogP contribution in [0, 0.1) is 0 Å². The predicted octanol–water partition coefficient (Wildman–Crippen LogP) is -2.25. The highest BCUT2D eigenvalue weighted by Gasteiger charge is 2.15. The van der Waals surface area contributed by atoms with E-state index in [1.54, 1.807) is 5.01 Å². The van der Waals surface area contributed by atoms with Gasteiger partial charge in [-0.25, -0.2) is 5.01 Å². The molecule has 1 heterocycles. The van der Waals surface area contributed by atoms with Crippen LogP contribution in [0.2, 0.25) is 0 Å². The molecule has 5 nitrogen and oxygen atoms in total. The first-order valence-electron chi connectivity index (χ1n) is 2.31. The molecule has 0 aromatic carbocycles. The normalized spacial score (nSPS) is 21.4. The third kappa shape index (κ3) is 0.945. The van der Waals surface area contributed by atoms with Crippen LogP contribution in [-0.4, -0.2) is 24.1 Å². The Balaban J connectivity index is 2.32. The first kappa shape index (κ1) is 5.49. The van der Waals surface area contributed by atoms with E-state index in [9.17, 15) is 4.79 Å². The lowest BCUT2D eigenvalue weighted by Gasteiger charge is -2.07. The van der Waals surface area contributed by atoms with Crippen LogP contribution in [-0.2, 0) is 4.79 Å². The van der Waals surface area contributed by atoms with Crippen molar-refractivity contribution >= 4 is 5.91 Å². The van der Waals surface area contributed by atoms with Crippen molar-refractivity contribution in [2.45, 2.75) is 0 Å². The topological polar surface area (TPSA) is 70.4 Å². The monoisotopic (exact) mass is 116 g/mol. The highest BCUT2D eigenvalue weighted by molar-refractivity contribution is 5.79. The zero-order valence-corrected chi connectivity index (χ0v) is 4.35. The number of rotatable bonds is 1. The van der Waals surface area contributed by atoms with E-state index in [0.717, 1.165) is 0 Å². The van der Waals surface area contributed by atoms with Gasteiger partial charge in [0.15, 0.2) is 0 Å². The fourth-order valence-electron chi connectivity index (χ4n) is 0.560. The quantitative estimate of drug-likeness (QED) is 0.267. The molecular weight excluding hydrogens is 108 g/mol. The molecule has 0 bridgehead atoms. The van der Waals surface area contributed by atoms with Crippen molar-refractivity contribution in [3.05, 3.63) is 0 Å². The van der Waals surface area contributed by atoms with Crippen molar-refractivity contribution in [3.8, 4) is 0 Å². The maximum Gasteiger partial charge on any atom is 0.236 e. The third-order valence-corrected chi connectivity index (χ3v) is 0.984. The molecule has 0 saturated carbocycles. The Bertz CT molecular complexity index is 103. The number of amides is 1. The molecule has 5 heteroatoms. The second kappa shape index (κ2) is 2.08. The summed E-state index contributed by atoms with van der Waals surface area (Å²) in [5, 5.41) is 4.14. The number of hydrazine groups is 2. The lowest BCUT2D eigenvalue weighted by atomic mass is 10.7. The van der Waals surface area contributed by atoms with E-state index in [1.165, 1.54) is 0 Å². The number of nitrogens with two attached hydrogens (primary N) is 1. The number of hydrogen-bond acceptors (Lipinski definition) is 4. The minimum absolute atomic E-state index is 0.00273. The lowest BCUT2D eigenvalue weighted by Crippen LogP contribution is -2.41. The summed E-state index contributed by atoms with van der Waals surface area (Å²) in [4.78, 5) is 10.4. The first-order valence-corrected chi connectivity index (χ1v) is 2.31. The average molecular weight is 116 g/mol. The standard InChI is InChI=1S/C3H8N4O/c4-6-7-1-3(8)5-2-7/h6H,1-2,4H2,(H,5,8). The molecule has 0 aliphatic carbocycles. The minimum Gasteiger partial charge on any atom is -0.341 e. The Morgan fingerprint density at radius 3 is 2.88 bits per heavy atom. The number of carbonyl (C=O) groups excluding carboxylic acids is 1. The molecule has 0 aromatic heterocycles. The molecule has 0 spiro atoms. The Kier molecular flexibility index (Phi) is 1.43. The molecule has 1 amide bonds. The van der Waals surface area contributed by atoms with Crippen molar-refractivity contribution in [1.29, 1.82) is 0 Å². The number of hydrogen-bond donors (Lipinski definition) is 3. The second-order valence-corrected chi connectivity index (χ2v) is 1.59. The maximum atomic E-state index is 10.4. The van der Waals surface area contributed by atoms with Crippen LogP contribution < -0.4 is 16.7 Å². The van der Waals surface area contributed by atoms with Gasteiger partial charge in [-0.15, -0.1) is 0 Å². The van der Waals surface area contributed by atoms with Crippen LogP contribution in [0.5, 0.6) is 0 Å². The highest BCUT2D eigenvalue weighted by Crippen LogP contribution is 1.84. The SMILES string of the molecule is NNN1CNC(=O)C1. The van der Waals surface area contributed by atoms with E-state index in [1.807, 2.05) is 0 Å². The third-order valence-electron chi connectivity index (χ3n) is 0.984. The summed E-state index contributed by atoms with van der Waals surface area (Å²) in [6.07, 6.45) is 0. The number of nitrogens with zero attached hydrogens (tertiary/aromatic N) is 1. The zero-order valence-electron chi connectivity index (χ0n) is 4.35. The summed E-state index contributed by atoms with van der Waals surface area (Å²) in [6.45, 7) is 0.839. The van der Waals surface area contributed by atoms with Crippen molar-refractivity contribution in [3.63, 3.8) is 0 Å². The van der Waals surface area contributed by atoms with Gasteiger partial charge >= 0.3 is 0 Å². The Hall–Kier alpha value is -0.650. The minimum atomic E-state index is 0.00273. The van der Waals surface area contributed by atoms with Gasteiger partial charge in [0.25, 0.3) is 0 Å². The molecule has 8 heavy (non-hydrogen) atoms. The summed E-state index contributed by atoms with van der Waals surface area (Å²) < 4.78 is 0. The largest absolute Gasteiger partial charge is 0.341 e. The van der Waals surface area contributed by atoms with Crippen LogP contribution in [0.25, 0.3) is 0 Å². The first-order chi connectivity index (χ1) is 3.83. The summed E-state index contributed by atoms with van der Waals surface area (Å²) in [7, 11) is 0. The Labute approximate surface area is 46.8 Å². The molecule has 1 fully saturated rings. The van der Waals surface area contributed by atoms with Gasteiger partial charge < -0.3 is 5.32 Å². The maximum absolute atomic E-state index is 10.4. The van der Waals surface area contributed by atoms with Crippen LogP contribution in [0.15, 0.2) is 0 Å². The van der Waals surface area contributed by atoms with E-state index in [4.69, 9.17) is 5.84 Å². The Morgan fingerprint density at radius 1 is 1.88 bits per heavy atom. The van der Waals surface area contributed by atoms with Crippen LogP contribution in [0.3, 0.4) is 0 Å². The second-order valence-electron chi connectivity index (χ2n) is 1.59. The van der Waals surface area contributed by atoms with Gasteiger partial charge in [0, 0.05) is 0 Å². The van der Waals surface area contributed by atoms with Gasteiger partial charge in [0.05, 0.1) is 13.2 Å². The zero-order chi connectivity index (χ0) is 5.98. The average Bonchev–Trinajstić information content (AvgIpc) is 2.14. The lowest BCUT2D eigenvalue weighted by molar-refractivity contribution is -0.118. The molecule has 46 valence electrons. The van der Waals surface area contributed by atoms with Crippen LogP contribution >= 0.6 is 0 Å². The van der Waals surface area contributed by atoms with Gasteiger partial charge in [-0.2, -0.15) is 5.53 Å². The predicted molar refractivity (Wildman–Crippen MR) is 27.0 cm³/mol. The van der Waals surface area contributed by atoms with E-state index in [0.29, 0.717) is 13.2 Å². The van der Waals surface area contributed by atoms with E-state index < -0.39 is 0 Å². The molecule has 0 unspecified atom stereocenters. The van der Waals surface area contributed by atoms with Crippen molar-refractivity contribution < 1.29 is 4.79 Å². The number of nitrogens with one attached hydrogen (secondary N) is 2. The van der Waals surface area contributed by atoms with Gasteiger partial charge in [0.2, 0.25) is 5.91 Å². The fraction of sp³-hybridized carbons (Fsp3) is 0.667. The number of carbonyl (C=O) groups is 1. The molecular formula is C3H8N4O. The molecule has 0 aromatic rings. The van der Waals surface area contributed by atoms with Gasteiger partial charge in [-0.05, 0) is 0 Å². The van der Waals surface area contributed by atoms with Gasteiger partial charge in [0.1, 0.15) is 0 Å². The smallest absolute Gasteiger partial charge is 0.236 e. The molecule has 0 radical (unpaired) electrons. The molecule has 0 atom stereocenters. The van der Waals surface area contributed by atoms with Crippen molar-refractivity contribution in [1.82, 2.24) is 15.9 Å². The summed E-state index contributed by atoms with van der Waals surface area (Å²) in [5.74, 6) is 4.98. The van der Waals surface area contributed by atoms with Gasteiger partial charge in [-0.1, -0.05) is 0 Å². The summed E-state index contributed by atoms with van der Waals surface area (Å²) in [6, 6.07) is 0. The van der Waals surface area contributed by atoms with Crippen molar-refractivity contribution in [2.75, 3.05) is 13.2 Å². The highest BCUT2D eigenvalue weighted by atomic mass is 16.2. The van der Waals surface area contributed by atoms with Gasteiger partial charge in [-0.3, -0.25) is 10.6 Å². The van der Waals surface area contributed by atoms with E-state index in [-0.39, 0.29) is 5.91 Å². The van der Waals surface area contributed by atoms with Crippen LogP contribution in [0.4, 0.5) is 0 Å². The Morgan fingerprint density at radius 2 is 2.62 bits per heavy atom. The fourth-order valence-corrected chi connectivity index (χ4v) is 0.560. The van der Waals surface area contributed by atoms with Crippen molar-refractivity contribution in [2.24, 2.45) is 5.84 Å². The van der Waals surface area contributed by atoms with E-state index in [2.05, 4.69) is 10.9 Å². The molecule has 1 aliphatic heterocycles. The van der Waals surface area contributed by atoms with E-state index >= 15 is 0 Å². The summed E-state index contributed by atoms with van der Waals surface area (Å²) >= 11 is 0. The van der Waals surface area contributed by atoms with Crippen LogP contribution in [0.1, 0.15) is 0 Å². The molecule has 1 saturated heterocycles. The summed E-state index contributed by atoms with van der Waals surface area (Å²) in [5.41, 5.74) is 2.34.